The van der Waals surface area contributed by atoms with Gasteiger partial charge in [-0.25, -0.2) is 13.9 Å². The number of hydrogen-bond acceptors (Lipinski definition) is 8. The van der Waals surface area contributed by atoms with Crippen molar-refractivity contribution in [2.45, 2.75) is 36.7 Å². The van der Waals surface area contributed by atoms with Gasteiger partial charge in [0.1, 0.15) is 35.9 Å². The molecular formula is C24H24FN3O6. The first kappa shape index (κ1) is 22.6. The van der Waals surface area contributed by atoms with Crippen molar-refractivity contribution in [3.05, 3.63) is 72.2 Å². The van der Waals surface area contributed by atoms with Gasteiger partial charge in [0.25, 0.3) is 0 Å². The lowest BCUT2D eigenvalue weighted by molar-refractivity contribution is -0.316. The molecule has 0 radical (unpaired) electrons. The van der Waals surface area contributed by atoms with Crippen LogP contribution in [0.4, 0.5) is 4.39 Å². The van der Waals surface area contributed by atoms with Crippen molar-refractivity contribution in [1.29, 1.82) is 0 Å². The predicted octanol–water partition coefficient (Wildman–Crippen LogP) is 2.69. The van der Waals surface area contributed by atoms with Crippen LogP contribution in [0.15, 0.2) is 60.8 Å². The molecule has 0 N–H and O–H groups in total. The number of halogens is 1. The second kappa shape index (κ2) is 9.59. The third-order valence-corrected chi connectivity index (χ3v) is 6.07. The number of rotatable bonds is 5. The van der Waals surface area contributed by atoms with Gasteiger partial charge in [-0.1, -0.05) is 47.7 Å². The molecule has 0 amide bonds. The molecule has 2 unspecified atom stereocenters. The van der Waals surface area contributed by atoms with Gasteiger partial charge in [-0.15, -0.1) is 5.10 Å². The van der Waals surface area contributed by atoms with Gasteiger partial charge in [-0.05, 0) is 12.1 Å². The smallest absolute Gasteiger partial charge is 0.337 e. The first-order valence-corrected chi connectivity index (χ1v) is 10.8. The molecule has 5 rings (SSSR count). The molecule has 3 heterocycles. The Labute approximate surface area is 195 Å². The number of benzene rings is 2. The van der Waals surface area contributed by atoms with Crippen molar-refractivity contribution in [2.24, 2.45) is 0 Å². The number of hydrogen-bond donors (Lipinski definition) is 0. The molecule has 0 spiro atoms. The molecule has 2 aromatic carbocycles. The van der Waals surface area contributed by atoms with E-state index >= 15 is 0 Å². The average Bonchev–Trinajstić information content (AvgIpc) is 3.37. The van der Waals surface area contributed by atoms with Crippen molar-refractivity contribution in [2.75, 3.05) is 20.8 Å². The fourth-order valence-electron chi connectivity index (χ4n) is 4.45. The topological polar surface area (TPSA) is 93.9 Å². The van der Waals surface area contributed by atoms with E-state index in [0.717, 1.165) is 5.56 Å². The molecule has 178 valence electrons. The lowest BCUT2D eigenvalue weighted by Gasteiger charge is -2.48. The van der Waals surface area contributed by atoms with Gasteiger partial charge in [0, 0.05) is 18.2 Å². The van der Waals surface area contributed by atoms with E-state index < -0.39 is 42.7 Å². The van der Waals surface area contributed by atoms with Crippen LogP contribution in [0.2, 0.25) is 0 Å². The van der Waals surface area contributed by atoms with Gasteiger partial charge in [0.15, 0.2) is 12.4 Å². The summed E-state index contributed by atoms with van der Waals surface area (Å²) in [5.74, 6) is -0.955. The van der Waals surface area contributed by atoms with Crippen LogP contribution < -0.4 is 0 Å². The highest BCUT2D eigenvalue weighted by atomic mass is 19.1. The number of methoxy groups -OCH3 is 2. The minimum Gasteiger partial charge on any atom is -0.467 e. The fourth-order valence-corrected chi connectivity index (χ4v) is 4.45. The monoisotopic (exact) mass is 469 g/mol. The predicted molar refractivity (Wildman–Crippen MR) is 116 cm³/mol. The summed E-state index contributed by atoms with van der Waals surface area (Å²) in [6, 6.07) is 15.0. The van der Waals surface area contributed by atoms with E-state index in [1.54, 1.807) is 23.0 Å². The Kier molecular flexibility index (Phi) is 6.38. The van der Waals surface area contributed by atoms with Crippen molar-refractivity contribution in [3.8, 4) is 11.3 Å². The van der Waals surface area contributed by atoms with Crippen LogP contribution in [-0.2, 0) is 28.5 Å². The summed E-state index contributed by atoms with van der Waals surface area (Å²) in [5.41, 5.74) is 1.89. The highest BCUT2D eigenvalue weighted by molar-refractivity contribution is 5.75. The van der Waals surface area contributed by atoms with Crippen LogP contribution in [0.5, 0.6) is 0 Å². The molecule has 2 aliphatic rings. The number of nitrogens with zero attached hydrogens (tertiary/aromatic N) is 3. The quantitative estimate of drug-likeness (QED) is 0.527. The molecule has 0 saturated carbocycles. The van der Waals surface area contributed by atoms with E-state index in [1.807, 2.05) is 30.3 Å². The molecule has 34 heavy (non-hydrogen) atoms. The Balaban J connectivity index is 1.52. The standard InChI is InChI=1S/C24H24FN3O6/c1-30-21-19(28-12-17(26-27-28)15-9-6-10-16(25)11-15)20-18(33-22(21)23(29)31-2)13-32-24(34-20)14-7-4-3-5-8-14/h3-12,18-22,24H,13H2,1-2H3/t18-,19?,20+,21-,22-,24?/m1/s1. The van der Waals surface area contributed by atoms with Gasteiger partial charge < -0.3 is 23.7 Å². The summed E-state index contributed by atoms with van der Waals surface area (Å²) in [6.07, 6.45) is -1.92. The summed E-state index contributed by atoms with van der Waals surface area (Å²) in [6.45, 7) is 0.191. The minimum atomic E-state index is -1.02. The zero-order valence-corrected chi connectivity index (χ0v) is 18.6. The summed E-state index contributed by atoms with van der Waals surface area (Å²) in [7, 11) is 2.77. The molecule has 6 atom stereocenters. The number of fused-ring (bicyclic) bond motifs is 1. The summed E-state index contributed by atoms with van der Waals surface area (Å²) in [4.78, 5) is 12.5. The van der Waals surface area contributed by atoms with E-state index in [9.17, 15) is 9.18 Å². The average molecular weight is 469 g/mol. The maximum absolute atomic E-state index is 13.8. The van der Waals surface area contributed by atoms with Gasteiger partial charge in [0.2, 0.25) is 0 Å². The van der Waals surface area contributed by atoms with Crippen LogP contribution in [0.3, 0.4) is 0 Å². The van der Waals surface area contributed by atoms with Crippen molar-refractivity contribution < 1.29 is 32.9 Å². The first-order valence-electron chi connectivity index (χ1n) is 10.8. The number of carbonyl (C=O) groups excluding carboxylic acids is 1. The minimum absolute atomic E-state index is 0.191. The fraction of sp³-hybridized carbons (Fsp3) is 0.375. The second-order valence-electron chi connectivity index (χ2n) is 8.08. The molecule has 3 aromatic rings. The zero-order chi connectivity index (χ0) is 23.7. The Bertz CT molecular complexity index is 1140. The lowest BCUT2D eigenvalue weighted by atomic mass is 9.91. The maximum atomic E-state index is 13.8. The SMILES string of the molecule is COC(=O)[C@@H]1O[C@@H]2COC(c3ccccc3)O[C@@H]2C(n2cc(-c3cccc(F)c3)nn2)[C@H]1OC. The first-order chi connectivity index (χ1) is 16.6. The lowest BCUT2D eigenvalue weighted by Crippen LogP contribution is -2.61. The van der Waals surface area contributed by atoms with Gasteiger partial charge in [-0.2, -0.15) is 0 Å². The Morgan fingerprint density at radius 2 is 1.94 bits per heavy atom. The highest BCUT2D eigenvalue weighted by Crippen LogP contribution is 2.40. The summed E-state index contributed by atoms with van der Waals surface area (Å²) in [5, 5.41) is 8.51. The molecule has 2 saturated heterocycles. The van der Waals surface area contributed by atoms with Crippen LogP contribution in [0.1, 0.15) is 17.9 Å². The largest absolute Gasteiger partial charge is 0.467 e. The molecular weight excluding hydrogens is 445 g/mol. The summed E-state index contributed by atoms with van der Waals surface area (Å²) >= 11 is 0. The van der Waals surface area contributed by atoms with Crippen molar-refractivity contribution in [1.82, 2.24) is 15.0 Å². The van der Waals surface area contributed by atoms with E-state index in [0.29, 0.717) is 11.3 Å². The number of esters is 1. The van der Waals surface area contributed by atoms with Gasteiger partial charge in [-0.3, -0.25) is 0 Å². The third-order valence-electron chi connectivity index (χ3n) is 6.07. The number of aromatic nitrogens is 3. The maximum Gasteiger partial charge on any atom is 0.337 e. The van der Waals surface area contributed by atoms with E-state index in [1.165, 1.54) is 26.4 Å². The van der Waals surface area contributed by atoms with Crippen LogP contribution in [0.25, 0.3) is 11.3 Å². The number of ether oxygens (including phenoxy) is 5. The number of carbonyl (C=O) groups is 1. The molecule has 1 aromatic heterocycles. The van der Waals surface area contributed by atoms with E-state index in [-0.39, 0.29) is 12.4 Å². The van der Waals surface area contributed by atoms with Gasteiger partial charge in [0.05, 0.1) is 19.9 Å². The second-order valence-corrected chi connectivity index (χ2v) is 8.08. The van der Waals surface area contributed by atoms with E-state index in [4.69, 9.17) is 23.7 Å². The Morgan fingerprint density at radius 3 is 2.68 bits per heavy atom. The Morgan fingerprint density at radius 1 is 1.12 bits per heavy atom. The Hall–Kier alpha value is -3.18. The molecule has 10 heteroatoms. The molecule has 0 aliphatic carbocycles. The molecule has 2 aliphatic heterocycles. The summed E-state index contributed by atoms with van der Waals surface area (Å²) < 4.78 is 44.3. The zero-order valence-electron chi connectivity index (χ0n) is 18.6. The van der Waals surface area contributed by atoms with E-state index in [2.05, 4.69) is 10.3 Å². The van der Waals surface area contributed by atoms with Gasteiger partial charge >= 0.3 is 5.97 Å². The molecule has 2 fully saturated rings. The normalized spacial score (nSPS) is 28.8. The van der Waals surface area contributed by atoms with Crippen LogP contribution in [0, 0.1) is 5.82 Å². The van der Waals surface area contributed by atoms with Crippen LogP contribution in [-0.4, -0.2) is 66.2 Å². The molecule has 9 nitrogen and oxygen atoms in total. The third kappa shape index (κ3) is 4.21. The highest BCUT2D eigenvalue weighted by Gasteiger charge is 2.54. The molecule has 0 bridgehead atoms. The van der Waals surface area contributed by atoms with Crippen LogP contribution >= 0.6 is 0 Å². The van der Waals surface area contributed by atoms with Crippen molar-refractivity contribution in [3.63, 3.8) is 0 Å². The van der Waals surface area contributed by atoms with Crippen molar-refractivity contribution >= 4 is 5.97 Å².